The highest BCUT2D eigenvalue weighted by Crippen LogP contribution is 2.00. The number of hydrogen-bond acceptors (Lipinski definition) is 2. The number of hydrogen-bond donors (Lipinski definition) is 2. The number of rotatable bonds is 6. The Morgan fingerprint density at radius 2 is 2.00 bits per heavy atom. The minimum atomic E-state index is -0.845. The van der Waals surface area contributed by atoms with Crippen LogP contribution in [0.15, 0.2) is 24.8 Å². The van der Waals surface area contributed by atoms with Gasteiger partial charge < -0.3 is 10.2 Å². The van der Waals surface area contributed by atoms with Crippen molar-refractivity contribution < 1.29 is 10.2 Å². The molecule has 12 heavy (non-hydrogen) atoms. The summed E-state index contributed by atoms with van der Waals surface area (Å²) in [7, 11) is 0. The summed E-state index contributed by atoms with van der Waals surface area (Å²) in [5.74, 6) is 0. The van der Waals surface area contributed by atoms with Crippen molar-refractivity contribution in [2.45, 2.75) is 38.4 Å². The first-order chi connectivity index (χ1) is 5.72. The maximum atomic E-state index is 9.21. The number of aliphatic hydroxyl groups excluding tert-OH is 2. The molecule has 2 unspecified atom stereocenters. The fourth-order valence-electron chi connectivity index (χ4n) is 0.811. The van der Waals surface area contributed by atoms with E-state index in [9.17, 15) is 5.11 Å². The van der Waals surface area contributed by atoms with Gasteiger partial charge in [-0.2, -0.15) is 0 Å². The van der Waals surface area contributed by atoms with E-state index in [4.69, 9.17) is 5.11 Å². The molecule has 0 fully saturated rings. The molecule has 0 rings (SSSR count). The predicted octanol–water partition coefficient (Wildman–Crippen LogP) is 1.64. The van der Waals surface area contributed by atoms with E-state index in [1.165, 1.54) is 6.08 Å². The summed E-state index contributed by atoms with van der Waals surface area (Å²) in [4.78, 5) is 0. The van der Waals surface area contributed by atoms with E-state index in [1.54, 1.807) is 6.08 Å². The lowest BCUT2D eigenvalue weighted by Crippen LogP contribution is -2.20. The molecule has 0 amide bonds. The highest BCUT2D eigenvalue weighted by molar-refractivity contribution is 4.97. The summed E-state index contributed by atoms with van der Waals surface area (Å²) in [5.41, 5.74) is 0. The van der Waals surface area contributed by atoms with Gasteiger partial charge in [0.05, 0.1) is 0 Å². The molecule has 0 heterocycles. The van der Waals surface area contributed by atoms with E-state index in [1.807, 2.05) is 6.08 Å². The minimum Gasteiger partial charge on any atom is -0.386 e. The molecule has 0 saturated carbocycles. The first-order valence-corrected chi connectivity index (χ1v) is 4.37. The normalized spacial score (nSPS) is 16.2. The average molecular weight is 170 g/mol. The second-order valence-corrected chi connectivity index (χ2v) is 2.79. The molecule has 0 radical (unpaired) electrons. The lowest BCUT2D eigenvalue weighted by atomic mass is 10.1. The zero-order chi connectivity index (χ0) is 9.40. The van der Waals surface area contributed by atoms with Gasteiger partial charge in [0.2, 0.25) is 0 Å². The first-order valence-electron chi connectivity index (χ1n) is 4.37. The molecule has 0 aliphatic carbocycles. The first kappa shape index (κ1) is 11.4. The average Bonchev–Trinajstić information content (AvgIpc) is 2.10. The lowest BCUT2D eigenvalue weighted by Gasteiger charge is -2.08. The lowest BCUT2D eigenvalue weighted by molar-refractivity contribution is 0.0809. The Hall–Kier alpha value is -0.600. The molecule has 2 heteroatoms. The summed E-state index contributed by atoms with van der Waals surface area (Å²) in [6.45, 7) is 5.50. The molecule has 70 valence electrons. The highest BCUT2D eigenvalue weighted by atomic mass is 16.3. The molecule has 0 aliphatic rings. The van der Waals surface area contributed by atoms with Crippen LogP contribution in [-0.4, -0.2) is 22.4 Å². The third-order valence-corrected chi connectivity index (χ3v) is 1.65. The molecule has 0 bridgehead atoms. The zero-order valence-corrected chi connectivity index (χ0v) is 7.61. The Bertz CT molecular complexity index is 141. The zero-order valence-electron chi connectivity index (χ0n) is 7.61. The molecule has 0 aromatic carbocycles. The van der Waals surface area contributed by atoms with E-state index in [0.29, 0.717) is 0 Å². The highest BCUT2D eigenvalue weighted by Gasteiger charge is 2.06. The maximum absolute atomic E-state index is 9.21. The van der Waals surface area contributed by atoms with Gasteiger partial charge in [0.15, 0.2) is 0 Å². The van der Waals surface area contributed by atoms with Crippen LogP contribution in [0.5, 0.6) is 0 Å². The van der Waals surface area contributed by atoms with Crippen molar-refractivity contribution in [1.29, 1.82) is 0 Å². The summed E-state index contributed by atoms with van der Waals surface area (Å²) in [6, 6.07) is 0. The second-order valence-electron chi connectivity index (χ2n) is 2.79. The monoisotopic (exact) mass is 170 g/mol. The van der Waals surface area contributed by atoms with Crippen LogP contribution in [0.3, 0.4) is 0 Å². The molecule has 0 aromatic rings. The Kier molecular flexibility index (Phi) is 6.72. The topological polar surface area (TPSA) is 40.5 Å². The summed E-state index contributed by atoms with van der Waals surface area (Å²) in [5, 5.41) is 18.3. The summed E-state index contributed by atoms with van der Waals surface area (Å²) >= 11 is 0. The molecular formula is C10H18O2. The third-order valence-electron chi connectivity index (χ3n) is 1.65. The fraction of sp³-hybridized carbons (Fsp3) is 0.600. The molecule has 0 aromatic heterocycles. The Balaban J connectivity index is 3.59. The van der Waals surface area contributed by atoms with Crippen molar-refractivity contribution in [1.82, 2.24) is 0 Å². The number of unbranched alkanes of at least 4 members (excludes halogenated alkanes) is 2. The van der Waals surface area contributed by atoms with E-state index >= 15 is 0 Å². The van der Waals surface area contributed by atoms with Gasteiger partial charge in [0.1, 0.15) is 12.2 Å². The van der Waals surface area contributed by atoms with Gasteiger partial charge in [-0.15, -0.1) is 6.58 Å². The van der Waals surface area contributed by atoms with Crippen molar-refractivity contribution in [3.8, 4) is 0 Å². The van der Waals surface area contributed by atoms with Crippen molar-refractivity contribution in [2.75, 3.05) is 0 Å². The van der Waals surface area contributed by atoms with E-state index in [0.717, 1.165) is 19.3 Å². The van der Waals surface area contributed by atoms with Crippen LogP contribution < -0.4 is 0 Å². The summed E-state index contributed by atoms with van der Waals surface area (Å²) in [6.07, 6.45) is 6.40. The van der Waals surface area contributed by atoms with Gasteiger partial charge in [-0.05, 0) is 6.42 Å². The van der Waals surface area contributed by atoms with Gasteiger partial charge in [0.25, 0.3) is 0 Å². The standard InChI is InChI=1S/C10H18O2/c1-3-5-6-7-8-10(12)9(11)4-2/h4,7-12H,2-3,5-6H2,1H3. The molecular weight excluding hydrogens is 152 g/mol. The molecule has 0 saturated heterocycles. The Morgan fingerprint density at radius 1 is 1.33 bits per heavy atom. The SMILES string of the molecule is C=CC(O)C(O)C=CCCCC. The van der Waals surface area contributed by atoms with Gasteiger partial charge in [-0.1, -0.05) is 38.0 Å². The van der Waals surface area contributed by atoms with Crippen LogP contribution in [-0.2, 0) is 0 Å². The van der Waals surface area contributed by atoms with Crippen molar-refractivity contribution in [3.63, 3.8) is 0 Å². The molecule has 2 nitrogen and oxygen atoms in total. The van der Waals surface area contributed by atoms with E-state index in [2.05, 4.69) is 13.5 Å². The van der Waals surface area contributed by atoms with Crippen LogP contribution in [0.2, 0.25) is 0 Å². The second kappa shape index (κ2) is 7.07. The van der Waals surface area contributed by atoms with Gasteiger partial charge >= 0.3 is 0 Å². The van der Waals surface area contributed by atoms with Crippen molar-refractivity contribution in [2.24, 2.45) is 0 Å². The molecule has 0 aliphatic heterocycles. The van der Waals surface area contributed by atoms with Crippen LogP contribution in [0, 0.1) is 0 Å². The van der Waals surface area contributed by atoms with E-state index < -0.39 is 12.2 Å². The van der Waals surface area contributed by atoms with Crippen LogP contribution in [0.1, 0.15) is 26.2 Å². The minimum absolute atomic E-state index is 0.806. The molecule has 0 spiro atoms. The number of aliphatic hydroxyl groups is 2. The summed E-state index contributed by atoms with van der Waals surface area (Å²) < 4.78 is 0. The smallest absolute Gasteiger partial charge is 0.102 e. The quantitative estimate of drug-likeness (QED) is 0.470. The largest absolute Gasteiger partial charge is 0.386 e. The molecule has 2 N–H and O–H groups in total. The van der Waals surface area contributed by atoms with Gasteiger partial charge in [0, 0.05) is 0 Å². The van der Waals surface area contributed by atoms with Gasteiger partial charge in [-0.3, -0.25) is 0 Å². The number of allylic oxidation sites excluding steroid dienone is 1. The third kappa shape index (κ3) is 5.10. The van der Waals surface area contributed by atoms with Gasteiger partial charge in [-0.25, -0.2) is 0 Å². The van der Waals surface area contributed by atoms with Crippen LogP contribution >= 0.6 is 0 Å². The Morgan fingerprint density at radius 3 is 2.50 bits per heavy atom. The fourth-order valence-corrected chi connectivity index (χ4v) is 0.811. The Labute approximate surface area is 74.2 Å². The maximum Gasteiger partial charge on any atom is 0.102 e. The van der Waals surface area contributed by atoms with Crippen LogP contribution in [0.25, 0.3) is 0 Å². The predicted molar refractivity (Wildman–Crippen MR) is 50.9 cm³/mol. The van der Waals surface area contributed by atoms with Crippen molar-refractivity contribution >= 4 is 0 Å². The molecule has 2 atom stereocenters. The van der Waals surface area contributed by atoms with Crippen molar-refractivity contribution in [3.05, 3.63) is 24.8 Å². The van der Waals surface area contributed by atoms with Crippen LogP contribution in [0.4, 0.5) is 0 Å². The van der Waals surface area contributed by atoms with E-state index in [-0.39, 0.29) is 0 Å².